The molecule has 0 aromatic rings. The van der Waals surface area contributed by atoms with Gasteiger partial charge in [-0.15, -0.1) is 0 Å². The van der Waals surface area contributed by atoms with Crippen LogP contribution in [0.2, 0.25) is 0 Å². The molecule has 6 rings (SSSR count). The maximum Gasteiger partial charge on any atom is 0.233 e. The Morgan fingerprint density at radius 3 is 3.00 bits per heavy atom. The standard InChI is InChI=1S/C24H29N3O/c1-3-24-11-7-12-26-13-10-18-17-8-5-4-6-9-19(17)27(21(18)22(24)26)20(14-24)23-25-16(2)15-28-23/h4-6,8-9,14,16-17,22H,3,7,10-13,15H2,1-2H3/t16-,17?,22+,24-/m0/s1. The molecule has 4 nitrogen and oxygen atoms in total. The van der Waals surface area contributed by atoms with Gasteiger partial charge in [0.05, 0.1) is 12.1 Å². The summed E-state index contributed by atoms with van der Waals surface area (Å²) < 4.78 is 6.11. The third-order valence-electron chi connectivity index (χ3n) is 7.58. The van der Waals surface area contributed by atoms with Gasteiger partial charge in [-0.05, 0) is 56.9 Å². The lowest BCUT2D eigenvalue weighted by atomic mass is 9.65. The Morgan fingerprint density at radius 2 is 2.18 bits per heavy atom. The van der Waals surface area contributed by atoms with Gasteiger partial charge in [-0.2, -0.15) is 0 Å². The molecule has 0 radical (unpaired) electrons. The second kappa shape index (κ2) is 5.96. The van der Waals surface area contributed by atoms with Gasteiger partial charge in [0.2, 0.25) is 5.90 Å². The molecule has 0 aromatic carbocycles. The average Bonchev–Trinajstić information content (AvgIpc) is 3.19. The number of nitrogens with zero attached hydrogens (tertiary/aromatic N) is 3. The van der Waals surface area contributed by atoms with Crippen LogP contribution < -0.4 is 0 Å². The highest BCUT2D eigenvalue weighted by Gasteiger charge is 2.56. The molecular weight excluding hydrogens is 346 g/mol. The van der Waals surface area contributed by atoms with E-state index in [1.54, 1.807) is 11.3 Å². The van der Waals surface area contributed by atoms with Crippen molar-refractivity contribution in [1.29, 1.82) is 0 Å². The van der Waals surface area contributed by atoms with E-state index in [1.165, 1.54) is 50.2 Å². The largest absolute Gasteiger partial charge is 0.474 e. The molecule has 1 aliphatic carbocycles. The first-order valence-corrected chi connectivity index (χ1v) is 11.0. The second-order valence-corrected chi connectivity index (χ2v) is 9.09. The number of piperidine rings is 1. The summed E-state index contributed by atoms with van der Waals surface area (Å²) in [6.45, 7) is 7.64. The normalized spacial score (nSPS) is 38.4. The molecule has 4 atom stereocenters. The maximum absolute atomic E-state index is 6.11. The number of allylic oxidation sites excluding steroid dienone is 5. The van der Waals surface area contributed by atoms with E-state index < -0.39 is 0 Å². The highest BCUT2D eigenvalue weighted by atomic mass is 16.5. The predicted molar refractivity (Wildman–Crippen MR) is 112 cm³/mol. The van der Waals surface area contributed by atoms with E-state index in [-0.39, 0.29) is 11.5 Å². The quantitative estimate of drug-likeness (QED) is 0.725. The second-order valence-electron chi connectivity index (χ2n) is 9.09. The van der Waals surface area contributed by atoms with Gasteiger partial charge in [-0.25, -0.2) is 4.99 Å². The van der Waals surface area contributed by atoms with Gasteiger partial charge in [0.15, 0.2) is 0 Å². The molecule has 1 unspecified atom stereocenters. The van der Waals surface area contributed by atoms with Crippen LogP contribution in [0.15, 0.2) is 64.1 Å². The summed E-state index contributed by atoms with van der Waals surface area (Å²) >= 11 is 0. The number of ether oxygens (including phenoxy) is 1. The SMILES string of the molecule is CC[C@]12C=C(C3=N[C@@H](C)CO3)N3C4=CC=CC=CC4C4=C3[C@H]1N(CCC2)CC4. The molecule has 28 heavy (non-hydrogen) atoms. The minimum absolute atomic E-state index is 0.201. The van der Waals surface area contributed by atoms with Gasteiger partial charge in [-0.3, -0.25) is 4.90 Å². The highest BCUT2D eigenvalue weighted by molar-refractivity contribution is 5.95. The van der Waals surface area contributed by atoms with Crippen molar-refractivity contribution in [1.82, 2.24) is 9.80 Å². The van der Waals surface area contributed by atoms with E-state index >= 15 is 0 Å². The molecule has 146 valence electrons. The van der Waals surface area contributed by atoms with Crippen LogP contribution in [0.1, 0.15) is 39.5 Å². The lowest BCUT2D eigenvalue weighted by molar-refractivity contribution is 0.0375. The number of fused-ring (bicyclic) bond motifs is 3. The van der Waals surface area contributed by atoms with E-state index in [1.807, 2.05) is 0 Å². The molecule has 0 bridgehead atoms. The first-order chi connectivity index (χ1) is 13.7. The topological polar surface area (TPSA) is 28.1 Å². The smallest absolute Gasteiger partial charge is 0.233 e. The van der Waals surface area contributed by atoms with Gasteiger partial charge in [0.1, 0.15) is 12.3 Å². The van der Waals surface area contributed by atoms with Gasteiger partial charge >= 0.3 is 0 Å². The number of rotatable bonds is 2. The average molecular weight is 376 g/mol. The monoisotopic (exact) mass is 375 g/mol. The van der Waals surface area contributed by atoms with Gasteiger partial charge in [0.25, 0.3) is 0 Å². The van der Waals surface area contributed by atoms with E-state index in [4.69, 9.17) is 9.73 Å². The minimum atomic E-state index is 0.201. The number of aliphatic imine (C=N–C) groups is 1. The summed E-state index contributed by atoms with van der Waals surface area (Å²) in [4.78, 5) is 10.2. The molecule has 5 heterocycles. The molecule has 4 heteroatoms. The van der Waals surface area contributed by atoms with E-state index in [0.29, 0.717) is 18.6 Å². The Balaban J connectivity index is 1.61. The molecule has 1 saturated heterocycles. The highest BCUT2D eigenvalue weighted by Crippen LogP contribution is 2.57. The number of hydrogen-bond donors (Lipinski definition) is 0. The zero-order valence-corrected chi connectivity index (χ0v) is 16.9. The number of hydrogen-bond acceptors (Lipinski definition) is 4. The Labute approximate surface area is 167 Å². The van der Waals surface area contributed by atoms with Crippen molar-refractivity contribution in [2.24, 2.45) is 16.3 Å². The Morgan fingerprint density at radius 1 is 1.25 bits per heavy atom. The van der Waals surface area contributed by atoms with Gasteiger partial charge < -0.3 is 9.64 Å². The van der Waals surface area contributed by atoms with Gasteiger partial charge in [0, 0.05) is 29.3 Å². The molecule has 6 aliphatic rings. The van der Waals surface area contributed by atoms with Crippen LogP contribution in [-0.4, -0.2) is 47.5 Å². The van der Waals surface area contributed by atoms with Crippen molar-refractivity contribution in [3.8, 4) is 0 Å². The lowest BCUT2D eigenvalue weighted by Gasteiger charge is -2.55. The molecule has 0 N–H and O–H groups in total. The molecule has 5 aliphatic heterocycles. The molecule has 0 spiro atoms. The summed E-state index contributed by atoms with van der Waals surface area (Å²) in [7, 11) is 0. The zero-order valence-electron chi connectivity index (χ0n) is 16.9. The van der Waals surface area contributed by atoms with Crippen LogP contribution >= 0.6 is 0 Å². The first kappa shape index (κ1) is 16.8. The predicted octanol–water partition coefficient (Wildman–Crippen LogP) is 4.16. The third kappa shape index (κ3) is 2.13. The van der Waals surface area contributed by atoms with Crippen LogP contribution in [-0.2, 0) is 4.74 Å². The maximum atomic E-state index is 6.11. The molecule has 1 fully saturated rings. The fourth-order valence-electron chi connectivity index (χ4n) is 6.32. The van der Waals surface area contributed by atoms with E-state index in [2.05, 4.69) is 60.1 Å². The van der Waals surface area contributed by atoms with Crippen LogP contribution in [0.25, 0.3) is 0 Å². The molecule has 0 aromatic heterocycles. The fraction of sp³-hybridized carbons (Fsp3) is 0.542. The minimum Gasteiger partial charge on any atom is -0.474 e. The summed E-state index contributed by atoms with van der Waals surface area (Å²) in [6, 6.07) is 0.749. The molecule has 0 saturated carbocycles. The van der Waals surface area contributed by atoms with Crippen molar-refractivity contribution in [3.05, 3.63) is 59.1 Å². The summed E-state index contributed by atoms with van der Waals surface area (Å²) in [5.74, 6) is 1.25. The Bertz CT molecular complexity index is 905. The van der Waals surface area contributed by atoms with Crippen molar-refractivity contribution in [2.75, 3.05) is 19.7 Å². The van der Waals surface area contributed by atoms with Crippen molar-refractivity contribution in [3.63, 3.8) is 0 Å². The van der Waals surface area contributed by atoms with Crippen LogP contribution in [0, 0.1) is 11.3 Å². The van der Waals surface area contributed by atoms with E-state index in [9.17, 15) is 0 Å². The van der Waals surface area contributed by atoms with E-state index in [0.717, 1.165) is 5.90 Å². The summed E-state index contributed by atoms with van der Waals surface area (Å²) in [6.07, 6.45) is 18.7. The Hall–Kier alpha value is -2.07. The molecular formula is C24H29N3O. The van der Waals surface area contributed by atoms with Crippen LogP contribution in [0.4, 0.5) is 0 Å². The Kier molecular flexibility index (Phi) is 3.59. The lowest BCUT2D eigenvalue weighted by Crippen LogP contribution is -2.58. The fourth-order valence-corrected chi connectivity index (χ4v) is 6.32. The van der Waals surface area contributed by atoms with Crippen molar-refractivity contribution >= 4 is 5.90 Å². The third-order valence-corrected chi connectivity index (χ3v) is 7.58. The van der Waals surface area contributed by atoms with Crippen LogP contribution in [0.3, 0.4) is 0 Å². The first-order valence-electron chi connectivity index (χ1n) is 11.0. The van der Waals surface area contributed by atoms with Gasteiger partial charge in [-0.1, -0.05) is 31.2 Å². The summed E-state index contributed by atoms with van der Waals surface area (Å²) in [5.41, 5.74) is 5.96. The van der Waals surface area contributed by atoms with Crippen LogP contribution in [0.5, 0.6) is 0 Å². The van der Waals surface area contributed by atoms with Crippen molar-refractivity contribution < 1.29 is 4.74 Å². The van der Waals surface area contributed by atoms with Crippen molar-refractivity contribution in [2.45, 2.75) is 51.6 Å². The zero-order chi connectivity index (χ0) is 18.9. The summed E-state index contributed by atoms with van der Waals surface area (Å²) in [5, 5.41) is 0. The molecule has 0 amide bonds.